The molecule has 0 amide bonds. The molecule has 0 heterocycles. The number of esters is 1. The van der Waals surface area contributed by atoms with Gasteiger partial charge in [0.15, 0.2) is 6.10 Å². The van der Waals surface area contributed by atoms with Crippen LogP contribution in [0.1, 0.15) is 29.8 Å². The number of sulfonamides is 1. The molecule has 154 valence electrons. The number of hydrogen-bond donors (Lipinski definition) is 1. The highest BCUT2D eigenvalue weighted by molar-refractivity contribution is 7.92. The Labute approximate surface area is 170 Å². The van der Waals surface area contributed by atoms with Gasteiger partial charge in [-0.15, -0.1) is 0 Å². The van der Waals surface area contributed by atoms with Gasteiger partial charge in [0, 0.05) is 11.0 Å². The molecule has 29 heavy (non-hydrogen) atoms. The van der Waals surface area contributed by atoms with Crippen molar-refractivity contribution in [1.29, 1.82) is 0 Å². The summed E-state index contributed by atoms with van der Waals surface area (Å²) in [5, 5.41) is 0.970. The average molecular weight is 417 g/mol. The van der Waals surface area contributed by atoms with Gasteiger partial charge in [-0.1, -0.05) is 30.3 Å². The first-order valence-corrected chi connectivity index (χ1v) is 10.4. The number of carbonyl (C=O) groups is 2. The molecule has 0 bridgehead atoms. The molecule has 0 unspecified atom stereocenters. The average Bonchev–Trinajstić information content (AvgIpc) is 2.72. The summed E-state index contributed by atoms with van der Waals surface area (Å²) in [6.07, 6.45) is 0.346. The lowest BCUT2D eigenvalue weighted by atomic mass is 10.1. The van der Waals surface area contributed by atoms with Crippen LogP contribution in [0.2, 0.25) is 0 Å². The van der Waals surface area contributed by atoms with E-state index in [9.17, 15) is 18.0 Å². The molecule has 0 spiro atoms. The summed E-state index contributed by atoms with van der Waals surface area (Å²) in [6.45, 7) is 2.78. The quantitative estimate of drug-likeness (QED) is 0.498. The third kappa shape index (κ3) is 6.85. The second-order valence-electron chi connectivity index (χ2n) is 6.27. The van der Waals surface area contributed by atoms with Crippen LogP contribution in [0.5, 0.6) is 5.75 Å². The first kappa shape index (κ1) is 22.3. The fourth-order valence-electron chi connectivity index (χ4n) is 2.39. The summed E-state index contributed by atoms with van der Waals surface area (Å²) in [4.78, 5) is 24.6. The van der Waals surface area contributed by atoms with Gasteiger partial charge in [0.05, 0.1) is 7.11 Å². The van der Waals surface area contributed by atoms with E-state index in [2.05, 4.69) is 4.72 Å². The van der Waals surface area contributed by atoms with Gasteiger partial charge in [-0.05, 0) is 49.8 Å². The van der Waals surface area contributed by atoms with Crippen molar-refractivity contribution in [2.75, 3.05) is 7.11 Å². The molecule has 0 radical (unpaired) electrons. The minimum Gasteiger partial charge on any atom is -0.497 e. The van der Waals surface area contributed by atoms with E-state index >= 15 is 0 Å². The third-order valence-electron chi connectivity index (χ3n) is 3.97. The topological polar surface area (TPSA) is 98.8 Å². The van der Waals surface area contributed by atoms with E-state index in [0.717, 1.165) is 5.41 Å². The standard InChI is InChI=1S/C21H23NO6S/c1-15(22-29(25,26)14-13-17-7-5-4-6-8-17)21(24)28-16(2)20(23)18-9-11-19(27-3)12-10-18/h4-16,22H,1-3H3/b14-13+/t15-,16-/m0/s1. The van der Waals surface area contributed by atoms with Gasteiger partial charge in [0.25, 0.3) is 0 Å². The normalized spacial score (nSPS) is 13.6. The third-order valence-corrected chi connectivity index (χ3v) is 5.15. The van der Waals surface area contributed by atoms with Crippen LogP contribution >= 0.6 is 0 Å². The monoisotopic (exact) mass is 417 g/mol. The molecule has 0 aromatic heterocycles. The number of ether oxygens (including phenoxy) is 2. The number of methoxy groups -OCH3 is 1. The Balaban J connectivity index is 1.94. The first-order valence-electron chi connectivity index (χ1n) is 8.86. The predicted octanol–water partition coefficient (Wildman–Crippen LogP) is 2.79. The van der Waals surface area contributed by atoms with Crippen LogP contribution in [0.25, 0.3) is 6.08 Å². The minimum atomic E-state index is -3.87. The fourth-order valence-corrected chi connectivity index (χ4v) is 3.39. The lowest BCUT2D eigenvalue weighted by molar-refractivity contribution is -0.147. The van der Waals surface area contributed by atoms with Crippen molar-refractivity contribution >= 4 is 27.9 Å². The Hall–Kier alpha value is -2.97. The second-order valence-corrected chi connectivity index (χ2v) is 7.87. The zero-order valence-electron chi connectivity index (χ0n) is 16.4. The zero-order chi connectivity index (χ0) is 21.4. The Morgan fingerprint density at radius 3 is 2.21 bits per heavy atom. The lowest BCUT2D eigenvalue weighted by Gasteiger charge is -2.16. The van der Waals surface area contributed by atoms with Crippen molar-refractivity contribution in [1.82, 2.24) is 4.72 Å². The summed E-state index contributed by atoms with van der Waals surface area (Å²) in [6, 6.07) is 14.1. The number of benzene rings is 2. The van der Waals surface area contributed by atoms with E-state index in [0.29, 0.717) is 16.9 Å². The maximum Gasteiger partial charge on any atom is 0.324 e. The zero-order valence-corrected chi connectivity index (χ0v) is 17.2. The Morgan fingerprint density at radius 1 is 1.00 bits per heavy atom. The van der Waals surface area contributed by atoms with E-state index in [-0.39, 0.29) is 0 Å². The van der Waals surface area contributed by atoms with Gasteiger partial charge >= 0.3 is 5.97 Å². The molecule has 0 saturated heterocycles. The highest BCUT2D eigenvalue weighted by Crippen LogP contribution is 2.14. The Morgan fingerprint density at radius 2 is 1.62 bits per heavy atom. The van der Waals surface area contributed by atoms with Crippen molar-refractivity contribution in [2.24, 2.45) is 0 Å². The number of ketones is 1. The van der Waals surface area contributed by atoms with Crippen molar-refractivity contribution in [3.05, 3.63) is 71.1 Å². The summed E-state index contributed by atoms with van der Waals surface area (Å²) in [5.74, 6) is -0.658. The van der Waals surface area contributed by atoms with Gasteiger partial charge < -0.3 is 9.47 Å². The number of Topliss-reactive ketones (excluding diaryl/α,β-unsaturated/α-hetero) is 1. The number of nitrogens with one attached hydrogen (secondary N) is 1. The Kier molecular flexibility index (Phi) is 7.69. The van der Waals surface area contributed by atoms with E-state index in [1.54, 1.807) is 48.5 Å². The predicted molar refractivity (Wildman–Crippen MR) is 110 cm³/mol. The maximum atomic E-state index is 12.4. The molecule has 2 aromatic rings. The van der Waals surface area contributed by atoms with Crippen LogP contribution in [-0.2, 0) is 19.6 Å². The molecule has 7 nitrogen and oxygen atoms in total. The van der Waals surface area contributed by atoms with Gasteiger partial charge in [-0.25, -0.2) is 8.42 Å². The van der Waals surface area contributed by atoms with E-state index in [1.165, 1.54) is 27.0 Å². The van der Waals surface area contributed by atoms with Gasteiger partial charge in [-0.2, -0.15) is 4.72 Å². The van der Waals surface area contributed by atoms with Crippen molar-refractivity contribution in [3.8, 4) is 5.75 Å². The van der Waals surface area contributed by atoms with Gasteiger partial charge in [-0.3, -0.25) is 9.59 Å². The van der Waals surface area contributed by atoms with Gasteiger partial charge in [0.2, 0.25) is 15.8 Å². The molecular formula is C21H23NO6S. The van der Waals surface area contributed by atoms with E-state index in [1.807, 2.05) is 6.07 Å². The molecule has 1 N–H and O–H groups in total. The highest BCUT2D eigenvalue weighted by Gasteiger charge is 2.25. The first-order chi connectivity index (χ1) is 13.7. The van der Waals surface area contributed by atoms with Crippen LogP contribution in [-0.4, -0.2) is 39.4 Å². The lowest BCUT2D eigenvalue weighted by Crippen LogP contribution is -2.40. The number of rotatable bonds is 9. The largest absolute Gasteiger partial charge is 0.497 e. The maximum absolute atomic E-state index is 12.4. The molecule has 2 rings (SSSR count). The van der Waals surface area contributed by atoms with E-state index < -0.39 is 33.9 Å². The van der Waals surface area contributed by atoms with Crippen molar-refractivity contribution < 1.29 is 27.5 Å². The van der Waals surface area contributed by atoms with Crippen molar-refractivity contribution in [3.63, 3.8) is 0 Å². The number of hydrogen-bond acceptors (Lipinski definition) is 6. The summed E-state index contributed by atoms with van der Waals surface area (Å²) in [7, 11) is -2.36. The number of carbonyl (C=O) groups excluding carboxylic acids is 2. The molecule has 0 saturated carbocycles. The SMILES string of the molecule is COc1ccc(C(=O)[C@H](C)OC(=O)[C@H](C)NS(=O)(=O)/C=C/c2ccccc2)cc1. The van der Waals surface area contributed by atoms with Crippen LogP contribution < -0.4 is 9.46 Å². The molecule has 2 atom stereocenters. The van der Waals surface area contributed by atoms with Crippen LogP contribution in [0, 0.1) is 0 Å². The van der Waals surface area contributed by atoms with Crippen molar-refractivity contribution in [2.45, 2.75) is 26.0 Å². The molecule has 2 aromatic carbocycles. The molecule has 0 fully saturated rings. The van der Waals surface area contributed by atoms with Crippen LogP contribution in [0.4, 0.5) is 0 Å². The smallest absolute Gasteiger partial charge is 0.324 e. The minimum absolute atomic E-state index is 0.352. The summed E-state index contributed by atoms with van der Waals surface area (Å²) in [5.41, 5.74) is 1.05. The van der Waals surface area contributed by atoms with E-state index in [4.69, 9.17) is 9.47 Å². The fraction of sp³-hybridized carbons (Fsp3) is 0.238. The highest BCUT2D eigenvalue weighted by atomic mass is 32.2. The Bertz CT molecular complexity index is 968. The summed E-state index contributed by atoms with van der Waals surface area (Å²) >= 11 is 0. The molecule has 0 aliphatic heterocycles. The second kappa shape index (κ2) is 9.99. The van der Waals surface area contributed by atoms with Crippen LogP contribution in [0.3, 0.4) is 0 Å². The van der Waals surface area contributed by atoms with Crippen LogP contribution in [0.15, 0.2) is 60.0 Å². The molecule has 8 heteroatoms. The molecule has 0 aliphatic carbocycles. The van der Waals surface area contributed by atoms with Gasteiger partial charge in [0.1, 0.15) is 11.8 Å². The summed E-state index contributed by atoms with van der Waals surface area (Å²) < 4.78 is 36.6. The molecule has 0 aliphatic rings. The molecular weight excluding hydrogens is 394 g/mol.